The van der Waals surface area contributed by atoms with E-state index in [1.165, 1.54) is 0 Å². The molecule has 0 atom stereocenters. The summed E-state index contributed by atoms with van der Waals surface area (Å²) in [5, 5.41) is 9.72. The fourth-order valence-corrected chi connectivity index (χ4v) is 1.27. The normalized spacial score (nSPS) is 11.5. The lowest BCUT2D eigenvalue weighted by atomic mass is 10.1. The molecule has 0 aromatic heterocycles. The van der Waals surface area contributed by atoms with Crippen molar-refractivity contribution >= 4 is 11.9 Å². The standard InChI is InChI=1S/C12H17NO/c1-8(2)7-13-11-6-9(3)5-10(4)12(11)14/h5-8,14H,1-4H3. The van der Waals surface area contributed by atoms with Crippen LogP contribution in [0.5, 0.6) is 5.75 Å². The summed E-state index contributed by atoms with van der Waals surface area (Å²) < 4.78 is 0. The molecule has 2 nitrogen and oxygen atoms in total. The molecule has 0 spiro atoms. The van der Waals surface area contributed by atoms with Gasteiger partial charge in [0.25, 0.3) is 0 Å². The average molecular weight is 191 g/mol. The van der Waals surface area contributed by atoms with E-state index in [1.807, 2.05) is 32.2 Å². The van der Waals surface area contributed by atoms with Crippen LogP contribution in [0.25, 0.3) is 0 Å². The molecular weight excluding hydrogens is 174 g/mol. The Labute approximate surface area is 85.3 Å². The highest BCUT2D eigenvalue weighted by Crippen LogP contribution is 2.30. The van der Waals surface area contributed by atoms with E-state index < -0.39 is 0 Å². The van der Waals surface area contributed by atoms with Crippen LogP contribution in [0.2, 0.25) is 0 Å². The van der Waals surface area contributed by atoms with E-state index in [0.29, 0.717) is 11.6 Å². The van der Waals surface area contributed by atoms with Gasteiger partial charge in [0, 0.05) is 6.21 Å². The molecule has 1 aromatic carbocycles. The highest BCUT2D eigenvalue weighted by Gasteiger charge is 2.03. The smallest absolute Gasteiger partial charge is 0.144 e. The second-order valence-electron chi connectivity index (χ2n) is 3.97. The molecular formula is C12H17NO. The van der Waals surface area contributed by atoms with E-state index >= 15 is 0 Å². The van der Waals surface area contributed by atoms with E-state index in [9.17, 15) is 5.11 Å². The number of hydrogen-bond donors (Lipinski definition) is 1. The highest BCUT2D eigenvalue weighted by atomic mass is 16.3. The monoisotopic (exact) mass is 191 g/mol. The van der Waals surface area contributed by atoms with Crippen LogP contribution in [0.15, 0.2) is 17.1 Å². The molecule has 0 unspecified atom stereocenters. The van der Waals surface area contributed by atoms with Crippen LogP contribution >= 0.6 is 0 Å². The molecule has 0 aliphatic rings. The van der Waals surface area contributed by atoms with Crippen molar-refractivity contribution in [3.05, 3.63) is 23.3 Å². The van der Waals surface area contributed by atoms with E-state index in [2.05, 4.69) is 18.8 Å². The number of aromatic hydroxyl groups is 1. The van der Waals surface area contributed by atoms with Gasteiger partial charge in [-0.25, -0.2) is 0 Å². The van der Waals surface area contributed by atoms with Crippen molar-refractivity contribution in [3.63, 3.8) is 0 Å². The van der Waals surface area contributed by atoms with Gasteiger partial charge in [-0.05, 0) is 37.0 Å². The number of aliphatic imine (C=N–C) groups is 1. The van der Waals surface area contributed by atoms with Gasteiger partial charge < -0.3 is 5.11 Å². The van der Waals surface area contributed by atoms with Gasteiger partial charge in [0.1, 0.15) is 11.4 Å². The van der Waals surface area contributed by atoms with E-state index in [0.717, 1.165) is 11.1 Å². The molecule has 0 bridgehead atoms. The molecule has 0 saturated heterocycles. The summed E-state index contributed by atoms with van der Waals surface area (Å²) in [7, 11) is 0. The summed E-state index contributed by atoms with van der Waals surface area (Å²) in [4.78, 5) is 4.25. The van der Waals surface area contributed by atoms with Gasteiger partial charge in [-0.3, -0.25) is 4.99 Å². The molecule has 0 aliphatic carbocycles. The zero-order valence-electron chi connectivity index (χ0n) is 9.20. The Morgan fingerprint density at radius 1 is 1.29 bits per heavy atom. The number of aryl methyl sites for hydroxylation is 2. The SMILES string of the molecule is Cc1cc(C)c(O)c(N=CC(C)C)c1. The predicted octanol–water partition coefficient (Wildman–Crippen LogP) is 3.37. The van der Waals surface area contributed by atoms with Gasteiger partial charge in [0.15, 0.2) is 0 Å². The average Bonchev–Trinajstić information content (AvgIpc) is 2.08. The minimum atomic E-state index is 0.285. The molecule has 0 aliphatic heterocycles. The van der Waals surface area contributed by atoms with Crippen LogP contribution in [-0.4, -0.2) is 11.3 Å². The molecule has 0 saturated carbocycles. The number of nitrogens with zero attached hydrogens (tertiary/aromatic N) is 1. The van der Waals surface area contributed by atoms with Crippen LogP contribution in [0, 0.1) is 19.8 Å². The molecule has 0 radical (unpaired) electrons. The van der Waals surface area contributed by atoms with Gasteiger partial charge in [-0.15, -0.1) is 0 Å². The van der Waals surface area contributed by atoms with Gasteiger partial charge in [0.2, 0.25) is 0 Å². The summed E-state index contributed by atoms with van der Waals surface area (Å²) in [6, 6.07) is 3.84. The number of phenolic OH excluding ortho intramolecular Hbond substituents is 1. The van der Waals surface area contributed by atoms with Crippen molar-refractivity contribution in [1.29, 1.82) is 0 Å². The topological polar surface area (TPSA) is 32.6 Å². The Morgan fingerprint density at radius 3 is 2.50 bits per heavy atom. The summed E-state index contributed by atoms with van der Waals surface area (Å²) in [6.45, 7) is 8.00. The lowest BCUT2D eigenvalue weighted by Crippen LogP contribution is -1.86. The largest absolute Gasteiger partial charge is 0.505 e. The maximum atomic E-state index is 9.72. The third-order valence-corrected chi connectivity index (χ3v) is 1.94. The Hall–Kier alpha value is -1.31. The van der Waals surface area contributed by atoms with Crippen LogP contribution in [0.1, 0.15) is 25.0 Å². The van der Waals surface area contributed by atoms with Gasteiger partial charge >= 0.3 is 0 Å². The molecule has 1 aromatic rings. The van der Waals surface area contributed by atoms with Crippen LogP contribution < -0.4 is 0 Å². The maximum absolute atomic E-state index is 9.72. The molecule has 14 heavy (non-hydrogen) atoms. The quantitative estimate of drug-likeness (QED) is 0.714. The molecule has 0 heterocycles. The van der Waals surface area contributed by atoms with Gasteiger partial charge in [-0.2, -0.15) is 0 Å². The lowest BCUT2D eigenvalue weighted by Gasteiger charge is -2.04. The molecule has 2 heteroatoms. The summed E-state index contributed by atoms with van der Waals surface area (Å²) >= 11 is 0. The van der Waals surface area contributed by atoms with Crippen LogP contribution in [0.4, 0.5) is 5.69 Å². The highest BCUT2D eigenvalue weighted by molar-refractivity contribution is 5.69. The van der Waals surface area contributed by atoms with Crippen LogP contribution in [0.3, 0.4) is 0 Å². The summed E-state index contributed by atoms with van der Waals surface area (Å²) in [6.07, 6.45) is 1.84. The molecule has 0 amide bonds. The van der Waals surface area contributed by atoms with E-state index in [-0.39, 0.29) is 5.75 Å². The first-order valence-corrected chi connectivity index (χ1v) is 4.85. The van der Waals surface area contributed by atoms with Crippen molar-refractivity contribution in [2.24, 2.45) is 10.9 Å². The van der Waals surface area contributed by atoms with E-state index in [1.54, 1.807) is 0 Å². The molecule has 76 valence electrons. The Balaban J connectivity index is 3.08. The van der Waals surface area contributed by atoms with Crippen molar-refractivity contribution in [1.82, 2.24) is 0 Å². The fourth-order valence-electron chi connectivity index (χ4n) is 1.27. The Morgan fingerprint density at radius 2 is 1.93 bits per heavy atom. The predicted molar refractivity (Wildman–Crippen MR) is 60.6 cm³/mol. The van der Waals surface area contributed by atoms with Crippen molar-refractivity contribution in [2.75, 3.05) is 0 Å². The number of benzene rings is 1. The van der Waals surface area contributed by atoms with Crippen molar-refractivity contribution in [2.45, 2.75) is 27.7 Å². The van der Waals surface area contributed by atoms with E-state index in [4.69, 9.17) is 0 Å². The number of phenols is 1. The minimum Gasteiger partial charge on any atom is -0.505 e. The molecule has 1 N–H and O–H groups in total. The Bertz CT molecular complexity index is 354. The first-order valence-electron chi connectivity index (χ1n) is 4.85. The van der Waals surface area contributed by atoms with Crippen molar-refractivity contribution < 1.29 is 5.11 Å². The zero-order valence-corrected chi connectivity index (χ0v) is 9.20. The third-order valence-electron chi connectivity index (χ3n) is 1.94. The van der Waals surface area contributed by atoms with Gasteiger partial charge in [-0.1, -0.05) is 19.9 Å². The lowest BCUT2D eigenvalue weighted by molar-refractivity contribution is 0.472. The number of hydrogen-bond acceptors (Lipinski definition) is 2. The van der Waals surface area contributed by atoms with Crippen LogP contribution in [-0.2, 0) is 0 Å². The molecule has 0 fully saturated rings. The number of rotatable bonds is 2. The van der Waals surface area contributed by atoms with Gasteiger partial charge in [0.05, 0.1) is 0 Å². The summed E-state index contributed by atoms with van der Waals surface area (Å²) in [5.41, 5.74) is 2.66. The fraction of sp³-hybridized carbons (Fsp3) is 0.417. The maximum Gasteiger partial charge on any atom is 0.144 e. The zero-order chi connectivity index (χ0) is 10.7. The first kappa shape index (κ1) is 10.8. The second kappa shape index (κ2) is 4.27. The Kier molecular flexibility index (Phi) is 3.28. The minimum absolute atomic E-state index is 0.285. The molecule has 1 rings (SSSR count). The third kappa shape index (κ3) is 2.59. The van der Waals surface area contributed by atoms with Crippen molar-refractivity contribution in [3.8, 4) is 5.75 Å². The summed E-state index contributed by atoms with van der Waals surface area (Å²) in [5.74, 6) is 0.683. The second-order valence-corrected chi connectivity index (χ2v) is 3.97. The first-order chi connectivity index (χ1) is 6.50.